The Morgan fingerprint density at radius 1 is 0.854 bits per heavy atom. The number of rotatable bonds is 9. The van der Waals surface area contributed by atoms with Gasteiger partial charge < -0.3 is 15.0 Å². The van der Waals surface area contributed by atoms with Gasteiger partial charge in [0.25, 0.3) is 15.9 Å². The molecule has 0 fully saturated rings. The van der Waals surface area contributed by atoms with Gasteiger partial charge in [0.05, 0.1) is 17.1 Å². The molecule has 2 amide bonds. The largest absolute Gasteiger partial charge is 0.477 e. The number of nitrogens with one attached hydrogen (secondary N) is 2. The lowest BCUT2D eigenvalue weighted by Crippen LogP contribution is -2.50. The van der Waals surface area contributed by atoms with E-state index in [9.17, 15) is 18.0 Å². The highest BCUT2D eigenvalue weighted by Gasteiger charge is 2.33. The number of para-hydroxylation sites is 2. The number of ether oxygens (including phenoxy) is 1. The van der Waals surface area contributed by atoms with E-state index >= 15 is 0 Å². The Kier molecular flexibility index (Phi) is 8.35. The van der Waals surface area contributed by atoms with Crippen LogP contribution < -0.4 is 19.7 Å². The third-order valence-corrected chi connectivity index (χ3v) is 8.24. The molecule has 0 saturated carbocycles. The van der Waals surface area contributed by atoms with Crippen LogP contribution in [0.5, 0.6) is 5.75 Å². The smallest absolute Gasteiger partial charge is 0.263 e. The fraction of sp³-hybridized carbons (Fsp3) is 0.188. The standard InChI is InChI=1S/C32H31N3O5S/c1-23-11-16-26(17-12-23)34-41(38,39)27-18-13-24(14-19-27)15-20-31(36)35-22-30(40-29-10-6-5-9-28(29)35)32(37)33-21-25-7-3-2-4-8-25/h2-14,16-19,30,34H,15,20-22H2,1H3,(H,33,37). The maximum Gasteiger partial charge on any atom is 0.263 e. The Morgan fingerprint density at radius 3 is 2.27 bits per heavy atom. The molecule has 1 atom stereocenters. The van der Waals surface area contributed by atoms with Crippen molar-refractivity contribution in [1.82, 2.24) is 5.32 Å². The Labute approximate surface area is 240 Å². The lowest BCUT2D eigenvalue weighted by molar-refractivity contribution is -0.128. The third-order valence-electron chi connectivity index (χ3n) is 6.84. The lowest BCUT2D eigenvalue weighted by Gasteiger charge is -2.34. The first-order chi connectivity index (χ1) is 19.8. The summed E-state index contributed by atoms with van der Waals surface area (Å²) in [4.78, 5) is 28.0. The predicted octanol–water partition coefficient (Wildman–Crippen LogP) is 4.84. The van der Waals surface area contributed by atoms with Crippen molar-refractivity contribution in [2.24, 2.45) is 0 Å². The number of carbonyl (C=O) groups is 2. The second-order valence-electron chi connectivity index (χ2n) is 9.90. The third kappa shape index (κ3) is 6.93. The number of nitrogens with zero attached hydrogens (tertiary/aromatic N) is 1. The molecule has 0 aromatic heterocycles. The van der Waals surface area contributed by atoms with Gasteiger partial charge in [-0.15, -0.1) is 0 Å². The van der Waals surface area contributed by atoms with Crippen molar-refractivity contribution < 1.29 is 22.7 Å². The molecule has 2 N–H and O–H groups in total. The van der Waals surface area contributed by atoms with Crippen molar-refractivity contribution in [1.29, 1.82) is 0 Å². The normalized spacial score (nSPS) is 14.5. The van der Waals surface area contributed by atoms with Crippen LogP contribution in [0.25, 0.3) is 0 Å². The van der Waals surface area contributed by atoms with E-state index in [2.05, 4.69) is 10.0 Å². The number of carbonyl (C=O) groups excluding carboxylic acids is 2. The number of hydrogen-bond donors (Lipinski definition) is 2. The highest BCUT2D eigenvalue weighted by molar-refractivity contribution is 7.92. The van der Waals surface area contributed by atoms with E-state index in [1.165, 1.54) is 12.1 Å². The molecule has 4 aromatic carbocycles. The first-order valence-electron chi connectivity index (χ1n) is 13.3. The first-order valence-corrected chi connectivity index (χ1v) is 14.8. The van der Waals surface area contributed by atoms with Gasteiger partial charge in [0.1, 0.15) is 5.75 Å². The summed E-state index contributed by atoms with van der Waals surface area (Å²) >= 11 is 0. The van der Waals surface area contributed by atoms with E-state index in [1.54, 1.807) is 47.4 Å². The van der Waals surface area contributed by atoms with Crippen molar-refractivity contribution in [3.8, 4) is 5.75 Å². The molecule has 41 heavy (non-hydrogen) atoms. The van der Waals surface area contributed by atoms with Crippen LogP contribution in [-0.4, -0.2) is 32.9 Å². The van der Waals surface area contributed by atoms with Crippen molar-refractivity contribution in [3.05, 3.63) is 120 Å². The Balaban J connectivity index is 1.21. The minimum Gasteiger partial charge on any atom is -0.477 e. The molecular formula is C32H31N3O5S. The fourth-order valence-electron chi connectivity index (χ4n) is 4.56. The number of anilines is 2. The van der Waals surface area contributed by atoms with Crippen molar-refractivity contribution in [3.63, 3.8) is 0 Å². The molecular weight excluding hydrogens is 538 g/mol. The minimum absolute atomic E-state index is 0.0956. The van der Waals surface area contributed by atoms with Crippen LogP contribution >= 0.6 is 0 Å². The summed E-state index contributed by atoms with van der Waals surface area (Å²) in [5, 5.41) is 2.90. The summed E-state index contributed by atoms with van der Waals surface area (Å²) < 4.78 is 34.1. The molecule has 9 heteroatoms. The van der Waals surface area contributed by atoms with E-state index in [0.29, 0.717) is 30.1 Å². The highest BCUT2D eigenvalue weighted by Crippen LogP contribution is 2.33. The predicted molar refractivity (Wildman–Crippen MR) is 158 cm³/mol. The molecule has 4 aromatic rings. The van der Waals surface area contributed by atoms with Gasteiger partial charge in [-0.2, -0.15) is 0 Å². The zero-order chi connectivity index (χ0) is 28.8. The number of benzene rings is 4. The van der Waals surface area contributed by atoms with Crippen LogP contribution in [0.1, 0.15) is 23.1 Å². The number of fused-ring (bicyclic) bond motifs is 1. The topological polar surface area (TPSA) is 105 Å². The average Bonchev–Trinajstić information content (AvgIpc) is 3.00. The first kappa shape index (κ1) is 27.9. The van der Waals surface area contributed by atoms with E-state index in [0.717, 1.165) is 16.7 Å². The fourth-order valence-corrected chi connectivity index (χ4v) is 5.62. The van der Waals surface area contributed by atoms with Crippen LogP contribution in [0, 0.1) is 6.92 Å². The number of hydrogen-bond acceptors (Lipinski definition) is 5. The summed E-state index contributed by atoms with van der Waals surface area (Å²) in [6.07, 6.45) is -0.252. The van der Waals surface area contributed by atoms with Gasteiger partial charge in [0.15, 0.2) is 6.10 Å². The zero-order valence-corrected chi connectivity index (χ0v) is 23.4. The molecule has 5 rings (SSSR count). The molecule has 0 spiro atoms. The van der Waals surface area contributed by atoms with E-state index < -0.39 is 16.1 Å². The van der Waals surface area contributed by atoms with Crippen LogP contribution in [0.3, 0.4) is 0 Å². The van der Waals surface area contributed by atoms with Crippen LogP contribution in [0.2, 0.25) is 0 Å². The minimum atomic E-state index is -3.74. The summed E-state index contributed by atoms with van der Waals surface area (Å²) in [5.74, 6) is 0.0270. The van der Waals surface area contributed by atoms with Gasteiger partial charge in [-0.05, 0) is 60.9 Å². The van der Waals surface area contributed by atoms with E-state index in [-0.39, 0.29) is 29.7 Å². The van der Waals surface area contributed by atoms with Crippen LogP contribution in [0.15, 0.2) is 108 Å². The van der Waals surface area contributed by atoms with Gasteiger partial charge in [-0.3, -0.25) is 14.3 Å². The zero-order valence-electron chi connectivity index (χ0n) is 22.6. The summed E-state index contributed by atoms with van der Waals surface area (Å²) in [6, 6.07) is 30.3. The maximum atomic E-state index is 13.4. The molecule has 0 saturated heterocycles. The Morgan fingerprint density at radius 2 is 1.54 bits per heavy atom. The van der Waals surface area contributed by atoms with Crippen LogP contribution in [-0.2, 0) is 32.6 Å². The van der Waals surface area contributed by atoms with Gasteiger partial charge in [0.2, 0.25) is 5.91 Å². The van der Waals surface area contributed by atoms with Gasteiger partial charge >= 0.3 is 0 Å². The van der Waals surface area contributed by atoms with E-state index in [4.69, 9.17) is 4.74 Å². The van der Waals surface area contributed by atoms with Crippen LogP contribution in [0.4, 0.5) is 11.4 Å². The number of amides is 2. The van der Waals surface area contributed by atoms with Gasteiger partial charge in [0, 0.05) is 18.7 Å². The molecule has 1 unspecified atom stereocenters. The quantitative estimate of drug-likeness (QED) is 0.300. The number of sulfonamides is 1. The number of aryl methyl sites for hydroxylation is 2. The molecule has 0 radical (unpaired) electrons. The molecule has 0 bridgehead atoms. The maximum absolute atomic E-state index is 13.4. The molecule has 210 valence electrons. The van der Waals surface area contributed by atoms with Crippen molar-refractivity contribution >= 4 is 33.2 Å². The second kappa shape index (κ2) is 12.3. The second-order valence-corrected chi connectivity index (χ2v) is 11.6. The Bertz CT molecular complexity index is 1620. The van der Waals surface area contributed by atoms with Crippen molar-refractivity contribution in [2.45, 2.75) is 37.3 Å². The van der Waals surface area contributed by atoms with Gasteiger partial charge in [-0.1, -0.05) is 72.3 Å². The molecule has 1 aliphatic rings. The SMILES string of the molecule is Cc1ccc(NS(=O)(=O)c2ccc(CCC(=O)N3CC(C(=O)NCc4ccccc4)Oc4ccccc43)cc2)cc1. The molecule has 8 nitrogen and oxygen atoms in total. The molecule has 1 aliphatic heterocycles. The summed E-state index contributed by atoms with van der Waals surface area (Å²) in [5.41, 5.74) is 3.94. The average molecular weight is 570 g/mol. The summed E-state index contributed by atoms with van der Waals surface area (Å²) in [7, 11) is -3.74. The van der Waals surface area contributed by atoms with Gasteiger partial charge in [-0.25, -0.2) is 8.42 Å². The molecule has 1 heterocycles. The lowest BCUT2D eigenvalue weighted by atomic mass is 10.1. The highest BCUT2D eigenvalue weighted by atomic mass is 32.2. The monoisotopic (exact) mass is 569 g/mol. The Hall–Kier alpha value is -4.63. The summed E-state index contributed by atoms with van der Waals surface area (Å²) in [6.45, 7) is 2.39. The van der Waals surface area contributed by atoms with E-state index in [1.807, 2.05) is 55.5 Å². The molecule has 0 aliphatic carbocycles. The van der Waals surface area contributed by atoms with Crippen molar-refractivity contribution in [2.75, 3.05) is 16.2 Å².